The highest BCUT2D eigenvalue weighted by Gasteiger charge is 2.22. The molecule has 6 heteroatoms. The highest BCUT2D eigenvalue weighted by molar-refractivity contribution is 5.78. The monoisotopic (exact) mass is 458 g/mol. The number of hydrogen-bond donors (Lipinski definition) is 0. The number of aryl methyl sites for hydroxylation is 1. The fraction of sp³-hybridized carbons (Fsp3) is 0.250. The Balaban J connectivity index is 2.01. The Kier molecular flexibility index (Phi) is 6.77. The number of ether oxygens (including phenoxy) is 4. The van der Waals surface area contributed by atoms with E-state index in [0.29, 0.717) is 23.0 Å². The minimum Gasteiger partial charge on any atom is -0.493 e. The second kappa shape index (κ2) is 9.91. The van der Waals surface area contributed by atoms with E-state index in [4.69, 9.17) is 24.0 Å². The average molecular weight is 459 g/mol. The molecule has 0 saturated carbocycles. The first kappa shape index (κ1) is 23.2. The zero-order chi connectivity index (χ0) is 24.2. The molecule has 0 N–H and O–H groups in total. The average Bonchev–Trinajstić information content (AvgIpc) is 3.27. The van der Waals surface area contributed by atoms with E-state index in [2.05, 4.69) is 32.0 Å². The molecular weight excluding hydrogens is 428 g/mol. The van der Waals surface area contributed by atoms with Crippen LogP contribution in [-0.4, -0.2) is 38.2 Å². The predicted molar refractivity (Wildman–Crippen MR) is 135 cm³/mol. The molecular formula is C28H30N2O4. The van der Waals surface area contributed by atoms with Crippen molar-refractivity contribution in [2.45, 2.75) is 20.3 Å². The Morgan fingerprint density at radius 3 is 1.85 bits per heavy atom. The maximum atomic E-state index is 5.60. The van der Waals surface area contributed by atoms with Crippen molar-refractivity contribution in [2.75, 3.05) is 28.4 Å². The van der Waals surface area contributed by atoms with Crippen molar-refractivity contribution >= 4 is 0 Å². The second-order valence-corrected chi connectivity index (χ2v) is 7.92. The van der Waals surface area contributed by atoms with E-state index >= 15 is 0 Å². The molecule has 0 bridgehead atoms. The van der Waals surface area contributed by atoms with Crippen molar-refractivity contribution in [3.63, 3.8) is 0 Å². The zero-order valence-corrected chi connectivity index (χ0v) is 20.5. The van der Waals surface area contributed by atoms with Crippen LogP contribution in [0.15, 0.2) is 60.7 Å². The molecule has 0 amide bonds. The summed E-state index contributed by atoms with van der Waals surface area (Å²) in [6.45, 7) is 4.23. The van der Waals surface area contributed by atoms with Crippen molar-refractivity contribution in [3.05, 3.63) is 71.8 Å². The zero-order valence-electron chi connectivity index (χ0n) is 20.5. The van der Waals surface area contributed by atoms with E-state index in [1.165, 1.54) is 0 Å². The molecule has 0 aliphatic rings. The van der Waals surface area contributed by atoms with Gasteiger partial charge in [-0.15, -0.1) is 0 Å². The Morgan fingerprint density at radius 2 is 1.29 bits per heavy atom. The van der Waals surface area contributed by atoms with Crippen LogP contribution in [0.4, 0.5) is 0 Å². The molecule has 0 aliphatic carbocycles. The molecule has 0 spiro atoms. The molecule has 0 radical (unpaired) electrons. The third kappa shape index (κ3) is 4.19. The lowest BCUT2D eigenvalue weighted by Gasteiger charge is -2.13. The van der Waals surface area contributed by atoms with Gasteiger partial charge < -0.3 is 18.9 Å². The lowest BCUT2D eigenvalue weighted by molar-refractivity contribution is 0.355. The molecule has 4 aromatic rings. The molecule has 4 rings (SSSR count). The van der Waals surface area contributed by atoms with Gasteiger partial charge in [0.25, 0.3) is 0 Å². The van der Waals surface area contributed by atoms with Gasteiger partial charge in [0.05, 0.1) is 45.5 Å². The van der Waals surface area contributed by atoms with Gasteiger partial charge in [0.2, 0.25) is 0 Å². The number of methoxy groups -OCH3 is 4. The van der Waals surface area contributed by atoms with E-state index in [-0.39, 0.29) is 0 Å². The maximum absolute atomic E-state index is 5.60. The van der Waals surface area contributed by atoms with Crippen LogP contribution >= 0.6 is 0 Å². The van der Waals surface area contributed by atoms with Crippen molar-refractivity contribution in [1.29, 1.82) is 0 Å². The van der Waals surface area contributed by atoms with Gasteiger partial charge in [-0.3, -0.25) is 0 Å². The van der Waals surface area contributed by atoms with E-state index in [0.717, 1.165) is 45.7 Å². The van der Waals surface area contributed by atoms with Crippen molar-refractivity contribution < 1.29 is 18.9 Å². The Hall–Kier alpha value is -3.93. The smallest absolute Gasteiger partial charge is 0.161 e. The van der Waals surface area contributed by atoms with Crippen LogP contribution in [0, 0.1) is 6.92 Å². The summed E-state index contributed by atoms with van der Waals surface area (Å²) in [5, 5.41) is 5.12. The van der Waals surface area contributed by atoms with Crippen molar-refractivity contribution in [3.8, 4) is 51.2 Å². The first-order chi connectivity index (χ1) is 16.5. The van der Waals surface area contributed by atoms with Crippen LogP contribution in [0.3, 0.4) is 0 Å². The number of benzene rings is 3. The van der Waals surface area contributed by atoms with E-state index in [1.807, 2.05) is 47.1 Å². The van der Waals surface area contributed by atoms with Crippen LogP contribution in [-0.2, 0) is 6.42 Å². The van der Waals surface area contributed by atoms with Crippen LogP contribution < -0.4 is 18.9 Å². The first-order valence-electron chi connectivity index (χ1n) is 11.2. The summed E-state index contributed by atoms with van der Waals surface area (Å²) in [6, 6.07) is 20.2. The SMILES string of the molecule is CCc1c(-c2ccc(OC)c(OC)c2)nn(-c2cccc(C)c2)c1-c1ccc(OC)c(OC)c1. The third-order valence-electron chi connectivity index (χ3n) is 5.90. The molecule has 0 aliphatic heterocycles. The quantitative estimate of drug-likeness (QED) is 0.319. The molecule has 6 nitrogen and oxygen atoms in total. The predicted octanol–water partition coefficient (Wildman–Crippen LogP) is 6.11. The lowest BCUT2D eigenvalue weighted by Crippen LogP contribution is -2.01. The lowest BCUT2D eigenvalue weighted by atomic mass is 9.99. The van der Waals surface area contributed by atoms with Gasteiger partial charge >= 0.3 is 0 Å². The third-order valence-corrected chi connectivity index (χ3v) is 5.90. The van der Waals surface area contributed by atoms with Gasteiger partial charge in [-0.1, -0.05) is 19.1 Å². The summed E-state index contributed by atoms with van der Waals surface area (Å²) in [7, 11) is 6.57. The molecule has 176 valence electrons. The van der Waals surface area contributed by atoms with Crippen LogP contribution in [0.5, 0.6) is 23.0 Å². The van der Waals surface area contributed by atoms with Gasteiger partial charge in [0.1, 0.15) is 0 Å². The summed E-state index contributed by atoms with van der Waals surface area (Å²) >= 11 is 0. The number of hydrogen-bond acceptors (Lipinski definition) is 5. The van der Waals surface area contributed by atoms with Gasteiger partial charge in [-0.25, -0.2) is 4.68 Å². The Morgan fingerprint density at radius 1 is 0.706 bits per heavy atom. The van der Waals surface area contributed by atoms with Crippen LogP contribution in [0.2, 0.25) is 0 Å². The summed E-state index contributed by atoms with van der Waals surface area (Å²) in [6.07, 6.45) is 0.791. The second-order valence-electron chi connectivity index (χ2n) is 7.92. The highest BCUT2D eigenvalue weighted by Crippen LogP contribution is 2.40. The standard InChI is InChI=1S/C28H30N2O4/c1-7-22-27(19-11-13-23(31-3)25(16-19)33-5)29-30(21-10-8-9-18(2)15-21)28(22)20-12-14-24(32-4)26(17-20)34-6/h8-17H,7H2,1-6H3. The number of nitrogens with zero attached hydrogens (tertiary/aromatic N) is 2. The van der Waals surface area contributed by atoms with Crippen LogP contribution in [0.25, 0.3) is 28.2 Å². The van der Waals surface area contributed by atoms with E-state index < -0.39 is 0 Å². The molecule has 0 saturated heterocycles. The summed E-state index contributed by atoms with van der Waals surface area (Å²) < 4.78 is 24.1. The molecule has 1 heterocycles. The Labute approximate surface area is 200 Å². The Bertz CT molecular complexity index is 1310. The minimum absolute atomic E-state index is 0.667. The molecule has 1 aromatic heterocycles. The maximum Gasteiger partial charge on any atom is 0.161 e. The van der Waals surface area contributed by atoms with E-state index in [9.17, 15) is 0 Å². The summed E-state index contributed by atoms with van der Waals surface area (Å²) in [5.74, 6) is 2.71. The van der Waals surface area contributed by atoms with Crippen molar-refractivity contribution in [2.24, 2.45) is 0 Å². The largest absolute Gasteiger partial charge is 0.493 e. The molecule has 3 aromatic carbocycles. The van der Waals surface area contributed by atoms with Crippen LogP contribution in [0.1, 0.15) is 18.1 Å². The topological polar surface area (TPSA) is 54.7 Å². The summed E-state index contributed by atoms with van der Waals surface area (Å²) in [4.78, 5) is 0. The fourth-order valence-electron chi connectivity index (χ4n) is 4.23. The molecule has 0 atom stereocenters. The summed E-state index contributed by atoms with van der Waals surface area (Å²) in [5.41, 5.74) is 7.15. The molecule has 0 fully saturated rings. The fourth-order valence-corrected chi connectivity index (χ4v) is 4.23. The minimum atomic E-state index is 0.667. The van der Waals surface area contributed by atoms with Gasteiger partial charge in [-0.2, -0.15) is 5.10 Å². The highest BCUT2D eigenvalue weighted by atomic mass is 16.5. The first-order valence-corrected chi connectivity index (χ1v) is 11.2. The normalized spacial score (nSPS) is 10.8. The molecule has 34 heavy (non-hydrogen) atoms. The van der Waals surface area contributed by atoms with Gasteiger partial charge in [0, 0.05) is 16.7 Å². The van der Waals surface area contributed by atoms with Gasteiger partial charge in [0.15, 0.2) is 23.0 Å². The number of rotatable bonds is 8. The van der Waals surface area contributed by atoms with Crippen molar-refractivity contribution in [1.82, 2.24) is 9.78 Å². The molecule has 0 unspecified atom stereocenters. The van der Waals surface area contributed by atoms with E-state index in [1.54, 1.807) is 28.4 Å². The number of aromatic nitrogens is 2. The van der Waals surface area contributed by atoms with Gasteiger partial charge in [-0.05, 0) is 67.4 Å².